The van der Waals surface area contributed by atoms with Crippen LogP contribution in [0, 0.1) is 0 Å². The Morgan fingerprint density at radius 3 is 2.66 bits per heavy atom. The fraction of sp³-hybridized carbons (Fsp3) is 0.478. The Balaban J connectivity index is 1.32. The van der Waals surface area contributed by atoms with Crippen LogP contribution in [0.4, 0.5) is 0 Å². The van der Waals surface area contributed by atoms with Crippen molar-refractivity contribution in [3.63, 3.8) is 0 Å². The van der Waals surface area contributed by atoms with Gasteiger partial charge < -0.3 is 14.4 Å². The molecule has 2 aliphatic heterocycles. The summed E-state index contributed by atoms with van der Waals surface area (Å²) in [6.45, 7) is 5.79. The molecule has 4 rings (SSSR count). The van der Waals surface area contributed by atoms with Gasteiger partial charge in [0.05, 0.1) is 25.5 Å². The van der Waals surface area contributed by atoms with Crippen LogP contribution in [-0.4, -0.2) is 73.2 Å². The van der Waals surface area contributed by atoms with E-state index in [2.05, 4.69) is 41.3 Å². The summed E-state index contributed by atoms with van der Waals surface area (Å²) in [5.74, 6) is 0.222. The highest BCUT2D eigenvalue weighted by Crippen LogP contribution is 2.22. The number of ether oxygens (including phenoxy) is 2. The average Bonchev–Trinajstić information content (AvgIpc) is 2.79. The molecular weight excluding hydrogens is 366 g/mol. The van der Waals surface area contributed by atoms with Gasteiger partial charge in [0.2, 0.25) is 5.91 Å². The third-order valence-electron chi connectivity index (χ3n) is 5.54. The molecule has 1 unspecified atom stereocenters. The van der Waals surface area contributed by atoms with Crippen LogP contribution in [-0.2, 0) is 20.7 Å². The van der Waals surface area contributed by atoms with E-state index in [9.17, 15) is 4.79 Å². The molecule has 0 saturated carbocycles. The third kappa shape index (κ3) is 5.63. The van der Waals surface area contributed by atoms with E-state index in [1.165, 1.54) is 5.56 Å². The lowest BCUT2D eigenvalue weighted by atomic mass is 10.1. The van der Waals surface area contributed by atoms with E-state index in [1.54, 1.807) is 0 Å². The summed E-state index contributed by atoms with van der Waals surface area (Å²) >= 11 is 0. The second kappa shape index (κ2) is 9.96. The molecule has 2 aromatic rings. The lowest BCUT2D eigenvalue weighted by Gasteiger charge is -2.33. The van der Waals surface area contributed by atoms with E-state index < -0.39 is 0 Å². The highest BCUT2D eigenvalue weighted by atomic mass is 16.5. The molecule has 1 atom stereocenters. The third-order valence-corrected chi connectivity index (χ3v) is 5.54. The van der Waals surface area contributed by atoms with Gasteiger partial charge in [-0.2, -0.15) is 0 Å². The van der Waals surface area contributed by atoms with Crippen molar-refractivity contribution >= 4 is 5.91 Å². The average molecular weight is 396 g/mol. The predicted molar refractivity (Wildman–Crippen MR) is 111 cm³/mol. The first-order valence-corrected chi connectivity index (χ1v) is 10.5. The smallest absolute Gasteiger partial charge is 0.224 e. The predicted octanol–water partition coefficient (Wildman–Crippen LogP) is 2.29. The van der Waals surface area contributed by atoms with Gasteiger partial charge in [0, 0.05) is 51.3 Å². The standard InChI is InChI=1S/C23H29N3O3/c27-23(26-12-14-28-15-13-26)9-10-25-11-16-29-22(18-25)21-8-4-7-20(24-21)17-19-5-2-1-3-6-19/h1-8,22H,9-18H2. The summed E-state index contributed by atoms with van der Waals surface area (Å²) in [6, 6.07) is 16.6. The first-order valence-electron chi connectivity index (χ1n) is 10.5. The van der Waals surface area contributed by atoms with Gasteiger partial charge in [0.25, 0.3) is 0 Å². The number of amides is 1. The van der Waals surface area contributed by atoms with Gasteiger partial charge in [0.15, 0.2) is 0 Å². The fourth-order valence-electron chi connectivity index (χ4n) is 3.89. The Bertz CT molecular complexity index is 793. The molecule has 2 saturated heterocycles. The quantitative estimate of drug-likeness (QED) is 0.751. The molecule has 3 heterocycles. The van der Waals surface area contributed by atoms with Crippen LogP contribution in [0.1, 0.15) is 29.5 Å². The highest BCUT2D eigenvalue weighted by molar-refractivity contribution is 5.76. The SMILES string of the molecule is O=C(CCN1CCOC(c2cccc(Cc3ccccc3)n2)C1)N1CCOCC1. The van der Waals surface area contributed by atoms with E-state index in [4.69, 9.17) is 14.5 Å². The molecule has 2 fully saturated rings. The number of aromatic nitrogens is 1. The zero-order valence-electron chi connectivity index (χ0n) is 16.8. The molecule has 1 aromatic heterocycles. The molecule has 1 aromatic carbocycles. The van der Waals surface area contributed by atoms with Crippen LogP contribution in [0.2, 0.25) is 0 Å². The molecule has 6 heteroatoms. The summed E-state index contributed by atoms with van der Waals surface area (Å²) in [5.41, 5.74) is 3.28. The summed E-state index contributed by atoms with van der Waals surface area (Å²) in [7, 11) is 0. The van der Waals surface area contributed by atoms with Crippen LogP contribution in [0.25, 0.3) is 0 Å². The number of benzene rings is 1. The lowest BCUT2D eigenvalue weighted by molar-refractivity contribution is -0.136. The first-order chi connectivity index (χ1) is 14.3. The Hall–Kier alpha value is -2.28. The number of hydrogen-bond acceptors (Lipinski definition) is 5. The molecule has 0 radical (unpaired) electrons. The maximum Gasteiger partial charge on any atom is 0.224 e. The molecule has 2 aliphatic rings. The summed E-state index contributed by atoms with van der Waals surface area (Å²) < 4.78 is 11.3. The van der Waals surface area contributed by atoms with Crippen LogP contribution in [0.15, 0.2) is 48.5 Å². The molecule has 154 valence electrons. The number of pyridine rings is 1. The summed E-state index contributed by atoms with van der Waals surface area (Å²) in [5, 5.41) is 0. The normalized spacial score (nSPS) is 20.6. The molecular formula is C23H29N3O3. The van der Waals surface area contributed by atoms with Crippen molar-refractivity contribution in [2.75, 3.05) is 52.5 Å². The maximum absolute atomic E-state index is 12.4. The minimum Gasteiger partial charge on any atom is -0.378 e. The van der Waals surface area contributed by atoms with E-state index >= 15 is 0 Å². The molecule has 0 aliphatic carbocycles. The number of hydrogen-bond donors (Lipinski definition) is 0. The van der Waals surface area contributed by atoms with E-state index in [-0.39, 0.29) is 12.0 Å². The highest BCUT2D eigenvalue weighted by Gasteiger charge is 2.24. The maximum atomic E-state index is 12.4. The number of nitrogens with zero attached hydrogens (tertiary/aromatic N) is 3. The van der Waals surface area contributed by atoms with Crippen molar-refractivity contribution in [1.82, 2.24) is 14.8 Å². The van der Waals surface area contributed by atoms with Crippen LogP contribution in [0.3, 0.4) is 0 Å². The van der Waals surface area contributed by atoms with Crippen molar-refractivity contribution in [1.29, 1.82) is 0 Å². The monoisotopic (exact) mass is 395 g/mol. The first kappa shape index (κ1) is 20.0. The molecule has 6 nitrogen and oxygen atoms in total. The van der Waals surface area contributed by atoms with Gasteiger partial charge in [-0.3, -0.25) is 14.7 Å². The summed E-state index contributed by atoms with van der Waals surface area (Å²) in [6.07, 6.45) is 1.32. The zero-order chi connectivity index (χ0) is 19.9. The number of morpholine rings is 2. The van der Waals surface area contributed by atoms with E-state index in [1.807, 2.05) is 17.0 Å². The van der Waals surface area contributed by atoms with Crippen molar-refractivity contribution < 1.29 is 14.3 Å². The topological polar surface area (TPSA) is 54.9 Å². The van der Waals surface area contributed by atoms with Gasteiger partial charge in [-0.1, -0.05) is 36.4 Å². The number of carbonyl (C=O) groups is 1. The van der Waals surface area contributed by atoms with Gasteiger partial charge in [-0.05, 0) is 17.7 Å². The van der Waals surface area contributed by atoms with Crippen LogP contribution >= 0.6 is 0 Å². The molecule has 0 bridgehead atoms. The van der Waals surface area contributed by atoms with Gasteiger partial charge >= 0.3 is 0 Å². The van der Waals surface area contributed by atoms with Crippen molar-refractivity contribution in [2.24, 2.45) is 0 Å². The van der Waals surface area contributed by atoms with Gasteiger partial charge in [-0.15, -0.1) is 0 Å². The van der Waals surface area contributed by atoms with Crippen molar-refractivity contribution in [2.45, 2.75) is 18.9 Å². The molecule has 29 heavy (non-hydrogen) atoms. The Morgan fingerprint density at radius 2 is 1.83 bits per heavy atom. The van der Waals surface area contributed by atoms with Crippen LogP contribution < -0.4 is 0 Å². The van der Waals surface area contributed by atoms with E-state index in [0.29, 0.717) is 39.3 Å². The minimum atomic E-state index is -0.0436. The second-order valence-electron chi connectivity index (χ2n) is 7.62. The fourth-order valence-corrected chi connectivity index (χ4v) is 3.89. The number of rotatable bonds is 6. The second-order valence-corrected chi connectivity index (χ2v) is 7.62. The lowest BCUT2D eigenvalue weighted by Crippen LogP contribution is -2.44. The Kier molecular flexibility index (Phi) is 6.87. The molecule has 1 amide bonds. The summed E-state index contributed by atoms with van der Waals surface area (Å²) in [4.78, 5) is 21.5. The minimum absolute atomic E-state index is 0.0436. The molecule has 0 N–H and O–H groups in total. The van der Waals surface area contributed by atoms with Crippen LogP contribution in [0.5, 0.6) is 0 Å². The molecule has 0 spiro atoms. The van der Waals surface area contributed by atoms with Crippen molar-refractivity contribution in [3.05, 3.63) is 65.5 Å². The number of carbonyl (C=O) groups excluding carboxylic acids is 1. The Labute approximate surface area is 172 Å². The Morgan fingerprint density at radius 1 is 1.00 bits per heavy atom. The zero-order valence-corrected chi connectivity index (χ0v) is 16.8. The van der Waals surface area contributed by atoms with Crippen molar-refractivity contribution in [3.8, 4) is 0 Å². The van der Waals surface area contributed by atoms with Gasteiger partial charge in [0.1, 0.15) is 6.10 Å². The van der Waals surface area contributed by atoms with Gasteiger partial charge in [-0.25, -0.2) is 0 Å². The largest absolute Gasteiger partial charge is 0.378 e. The van der Waals surface area contributed by atoms with E-state index in [0.717, 1.165) is 37.4 Å².